The lowest BCUT2D eigenvalue weighted by molar-refractivity contribution is -0.139. The van der Waals surface area contributed by atoms with Gasteiger partial charge in [-0.25, -0.2) is 10.3 Å². The van der Waals surface area contributed by atoms with E-state index in [2.05, 4.69) is 15.1 Å². The number of anilines is 2. The van der Waals surface area contributed by atoms with E-state index >= 15 is 0 Å². The Morgan fingerprint density at radius 3 is 2.61 bits per heavy atom. The first-order valence-corrected chi connectivity index (χ1v) is 9.85. The van der Waals surface area contributed by atoms with Crippen LogP contribution in [0.2, 0.25) is 0 Å². The molecular weight excluding hydrogens is 396 g/mol. The van der Waals surface area contributed by atoms with Crippen LogP contribution in [0.5, 0.6) is 5.75 Å². The molecule has 158 valence electrons. The summed E-state index contributed by atoms with van der Waals surface area (Å²) in [6, 6.07) is 13.0. The number of rotatable bonds is 5. The predicted octanol–water partition coefficient (Wildman–Crippen LogP) is 4.09. The van der Waals surface area contributed by atoms with Gasteiger partial charge in [-0.3, -0.25) is 15.0 Å². The van der Waals surface area contributed by atoms with Crippen LogP contribution in [0, 0.1) is 6.57 Å². The summed E-state index contributed by atoms with van der Waals surface area (Å²) in [5.74, 6) is 0.260. The van der Waals surface area contributed by atoms with Gasteiger partial charge in [0.05, 0.1) is 30.3 Å². The van der Waals surface area contributed by atoms with Crippen LogP contribution in [0.4, 0.5) is 17.1 Å². The van der Waals surface area contributed by atoms with E-state index in [4.69, 9.17) is 16.0 Å². The molecule has 0 spiro atoms. The van der Waals surface area contributed by atoms with E-state index in [0.717, 1.165) is 16.6 Å². The Hall–Kier alpha value is -3.67. The number of hydrogen-bond acceptors (Lipinski definition) is 6. The summed E-state index contributed by atoms with van der Waals surface area (Å²) < 4.78 is 10.7. The standard InChI is InChI=1S/C23H22N4O4/c1-24-20-14-25-19-13-17(30-2)7-8-18(19)21(20)26-16-5-3-15(4-6-16)23(22(28)27-29)9-11-31-12-10-23/h3-8,13-14,29H,9-12H2,2H3,(H,25,26)(H,27,28). The van der Waals surface area contributed by atoms with E-state index in [1.807, 2.05) is 47.9 Å². The molecule has 2 heterocycles. The van der Waals surface area contributed by atoms with Gasteiger partial charge in [-0.2, -0.15) is 0 Å². The fourth-order valence-electron chi connectivity index (χ4n) is 4.00. The summed E-state index contributed by atoms with van der Waals surface area (Å²) in [5.41, 5.74) is 4.34. The van der Waals surface area contributed by atoms with Gasteiger partial charge in [0.25, 0.3) is 5.91 Å². The normalized spacial score (nSPS) is 15.1. The molecule has 3 N–H and O–H groups in total. The molecule has 1 aliphatic heterocycles. The molecule has 1 saturated heterocycles. The van der Waals surface area contributed by atoms with Gasteiger partial charge in [-0.15, -0.1) is 0 Å². The molecule has 8 nitrogen and oxygen atoms in total. The lowest BCUT2D eigenvalue weighted by Gasteiger charge is -2.35. The minimum atomic E-state index is -0.826. The highest BCUT2D eigenvalue weighted by Gasteiger charge is 2.41. The van der Waals surface area contributed by atoms with Crippen molar-refractivity contribution in [2.75, 3.05) is 25.6 Å². The number of nitrogens with zero attached hydrogens (tertiary/aromatic N) is 2. The Bertz CT molecular complexity index is 1150. The van der Waals surface area contributed by atoms with Crippen LogP contribution in [-0.4, -0.2) is 36.4 Å². The molecule has 0 radical (unpaired) electrons. The lowest BCUT2D eigenvalue weighted by Crippen LogP contribution is -2.47. The van der Waals surface area contributed by atoms with Gasteiger partial charge in [-0.05, 0) is 42.7 Å². The lowest BCUT2D eigenvalue weighted by atomic mass is 9.73. The Balaban J connectivity index is 1.69. The quantitative estimate of drug-likeness (QED) is 0.328. The van der Waals surface area contributed by atoms with Gasteiger partial charge in [0.1, 0.15) is 5.75 Å². The van der Waals surface area contributed by atoms with Gasteiger partial charge < -0.3 is 14.8 Å². The number of benzene rings is 2. The summed E-state index contributed by atoms with van der Waals surface area (Å²) in [4.78, 5) is 20.4. The number of nitrogens with one attached hydrogen (secondary N) is 2. The zero-order valence-electron chi connectivity index (χ0n) is 17.0. The molecule has 0 saturated carbocycles. The second-order valence-corrected chi connectivity index (χ2v) is 7.35. The monoisotopic (exact) mass is 418 g/mol. The Morgan fingerprint density at radius 1 is 1.23 bits per heavy atom. The number of hydrogen-bond donors (Lipinski definition) is 3. The first kappa shape index (κ1) is 20.6. The molecule has 31 heavy (non-hydrogen) atoms. The highest BCUT2D eigenvalue weighted by atomic mass is 16.5. The molecular formula is C23H22N4O4. The maximum Gasteiger partial charge on any atom is 0.254 e. The van der Waals surface area contributed by atoms with Crippen molar-refractivity contribution >= 4 is 33.9 Å². The van der Waals surface area contributed by atoms with Crippen molar-refractivity contribution in [3.63, 3.8) is 0 Å². The van der Waals surface area contributed by atoms with Crippen molar-refractivity contribution in [3.8, 4) is 5.75 Å². The number of fused-ring (bicyclic) bond motifs is 1. The highest BCUT2D eigenvalue weighted by Crippen LogP contribution is 2.38. The van der Waals surface area contributed by atoms with Crippen molar-refractivity contribution in [3.05, 3.63) is 65.6 Å². The van der Waals surface area contributed by atoms with E-state index in [1.54, 1.807) is 7.11 Å². The number of ether oxygens (including phenoxy) is 2. The maximum atomic E-state index is 12.5. The fourth-order valence-corrected chi connectivity index (χ4v) is 4.00. The number of carbonyl (C=O) groups excluding carboxylic acids is 1. The topological polar surface area (TPSA) is 97.1 Å². The molecule has 2 aromatic carbocycles. The summed E-state index contributed by atoms with van der Waals surface area (Å²) in [7, 11) is 1.59. The van der Waals surface area contributed by atoms with Crippen LogP contribution in [0.25, 0.3) is 15.7 Å². The van der Waals surface area contributed by atoms with Crippen LogP contribution in [0.1, 0.15) is 18.4 Å². The van der Waals surface area contributed by atoms with Crippen LogP contribution >= 0.6 is 0 Å². The van der Waals surface area contributed by atoms with Crippen LogP contribution < -0.4 is 15.5 Å². The second kappa shape index (κ2) is 8.60. The zero-order chi connectivity index (χ0) is 21.8. The third-order valence-electron chi connectivity index (χ3n) is 5.77. The molecule has 0 atom stereocenters. The summed E-state index contributed by atoms with van der Waals surface area (Å²) in [5, 5.41) is 13.4. The van der Waals surface area contributed by atoms with Crippen LogP contribution in [0.15, 0.2) is 48.7 Å². The number of amides is 1. The Labute approximate surface area is 179 Å². The number of carbonyl (C=O) groups is 1. The van der Waals surface area contributed by atoms with Crippen molar-refractivity contribution in [1.82, 2.24) is 10.5 Å². The molecule has 4 rings (SSSR count). The van der Waals surface area contributed by atoms with Gasteiger partial charge in [-0.1, -0.05) is 12.1 Å². The third kappa shape index (κ3) is 3.77. The van der Waals surface area contributed by atoms with Gasteiger partial charge in [0, 0.05) is 36.6 Å². The summed E-state index contributed by atoms with van der Waals surface area (Å²) in [6.07, 6.45) is 2.52. The minimum Gasteiger partial charge on any atom is -0.497 e. The minimum absolute atomic E-state index is 0.405. The third-order valence-corrected chi connectivity index (χ3v) is 5.77. The van der Waals surface area contributed by atoms with E-state index in [0.29, 0.717) is 48.7 Å². The molecule has 1 amide bonds. The van der Waals surface area contributed by atoms with E-state index < -0.39 is 11.3 Å². The molecule has 1 fully saturated rings. The van der Waals surface area contributed by atoms with Crippen molar-refractivity contribution in [2.45, 2.75) is 18.3 Å². The Morgan fingerprint density at radius 2 is 1.97 bits per heavy atom. The molecule has 8 heteroatoms. The molecule has 0 aliphatic carbocycles. The predicted molar refractivity (Wildman–Crippen MR) is 116 cm³/mol. The number of hydroxylamine groups is 1. The molecule has 1 aromatic heterocycles. The summed E-state index contributed by atoms with van der Waals surface area (Å²) >= 11 is 0. The number of methoxy groups -OCH3 is 1. The number of aromatic nitrogens is 1. The SMILES string of the molecule is [C-]#[N+]c1cnc2cc(OC)ccc2c1Nc1ccc(C2(C(=O)NO)CCOCC2)cc1. The van der Waals surface area contributed by atoms with Crippen LogP contribution in [-0.2, 0) is 14.9 Å². The molecule has 3 aromatic rings. The Kier molecular flexibility index (Phi) is 5.71. The zero-order valence-corrected chi connectivity index (χ0v) is 17.0. The largest absolute Gasteiger partial charge is 0.497 e. The first-order valence-electron chi connectivity index (χ1n) is 9.85. The van der Waals surface area contributed by atoms with E-state index in [9.17, 15) is 10.0 Å². The van der Waals surface area contributed by atoms with E-state index in [1.165, 1.54) is 6.20 Å². The average Bonchev–Trinajstić information content (AvgIpc) is 2.84. The first-order chi connectivity index (χ1) is 15.1. The van der Waals surface area contributed by atoms with Crippen molar-refractivity contribution < 1.29 is 19.5 Å². The maximum absolute atomic E-state index is 12.5. The van der Waals surface area contributed by atoms with E-state index in [-0.39, 0.29) is 0 Å². The van der Waals surface area contributed by atoms with Gasteiger partial charge in [0.2, 0.25) is 5.69 Å². The fraction of sp³-hybridized carbons (Fsp3) is 0.261. The van der Waals surface area contributed by atoms with Crippen LogP contribution in [0.3, 0.4) is 0 Å². The summed E-state index contributed by atoms with van der Waals surface area (Å²) in [6.45, 7) is 8.41. The molecule has 1 aliphatic rings. The van der Waals surface area contributed by atoms with Gasteiger partial charge >= 0.3 is 0 Å². The smallest absolute Gasteiger partial charge is 0.254 e. The second-order valence-electron chi connectivity index (χ2n) is 7.35. The van der Waals surface area contributed by atoms with Crippen molar-refractivity contribution in [2.24, 2.45) is 0 Å². The highest BCUT2D eigenvalue weighted by molar-refractivity contribution is 6.00. The number of pyridine rings is 1. The molecule has 0 bridgehead atoms. The molecule has 0 unspecified atom stereocenters. The van der Waals surface area contributed by atoms with Crippen molar-refractivity contribution in [1.29, 1.82) is 0 Å². The van der Waals surface area contributed by atoms with Gasteiger partial charge in [0.15, 0.2) is 0 Å². The average molecular weight is 418 g/mol.